The van der Waals surface area contributed by atoms with Crippen LogP contribution in [0.2, 0.25) is 0 Å². The number of rotatable bonds is 4. The number of halogens is 3. The molecule has 0 bridgehead atoms. The number of nitrogens with one attached hydrogen (secondary N) is 2. The zero-order valence-corrected chi connectivity index (χ0v) is 18.4. The van der Waals surface area contributed by atoms with Gasteiger partial charge in [0.1, 0.15) is 11.2 Å². The van der Waals surface area contributed by atoms with Crippen molar-refractivity contribution in [2.45, 2.75) is 25.4 Å². The normalized spacial score (nSPS) is 15.6. The smallest absolute Gasteiger partial charge is 0.475 e. The van der Waals surface area contributed by atoms with E-state index in [0.29, 0.717) is 22.3 Å². The molecule has 10 nitrogen and oxygen atoms in total. The highest BCUT2D eigenvalue weighted by molar-refractivity contribution is 7.14. The van der Waals surface area contributed by atoms with E-state index in [9.17, 15) is 18.0 Å². The fourth-order valence-electron chi connectivity index (χ4n) is 3.03. The van der Waals surface area contributed by atoms with Crippen molar-refractivity contribution >= 4 is 28.9 Å². The highest BCUT2D eigenvalue weighted by atomic mass is 32.1. The molecule has 0 saturated carbocycles. The summed E-state index contributed by atoms with van der Waals surface area (Å²) >= 11 is 1.48. The van der Waals surface area contributed by atoms with E-state index in [0.717, 1.165) is 35.8 Å². The van der Waals surface area contributed by atoms with Crippen LogP contribution in [0.25, 0.3) is 11.4 Å². The van der Waals surface area contributed by atoms with E-state index < -0.39 is 12.1 Å². The maximum absolute atomic E-state index is 12.7. The molecule has 3 aromatic heterocycles. The lowest BCUT2D eigenvalue weighted by Gasteiger charge is -2.06. The summed E-state index contributed by atoms with van der Waals surface area (Å²) in [5.41, 5.74) is 2.18. The number of aryl methyl sites for hydroxylation is 2. The number of alkyl halides is 3. The summed E-state index contributed by atoms with van der Waals surface area (Å²) in [5.74, 6) is -1.82. The van der Waals surface area contributed by atoms with Crippen LogP contribution in [-0.4, -0.2) is 61.0 Å². The molecule has 4 rings (SSSR count). The zero-order chi connectivity index (χ0) is 24.2. The Bertz CT molecular complexity index is 1140. The van der Waals surface area contributed by atoms with Crippen molar-refractivity contribution in [3.05, 3.63) is 40.4 Å². The molecule has 1 aliphatic heterocycles. The van der Waals surface area contributed by atoms with E-state index in [-0.39, 0.29) is 5.91 Å². The third kappa shape index (κ3) is 6.10. The Kier molecular flexibility index (Phi) is 7.38. The number of aliphatic carboxylic acids is 1. The van der Waals surface area contributed by atoms with Crippen LogP contribution in [0.4, 0.5) is 18.9 Å². The fraction of sp³-hybridized carbons (Fsp3) is 0.368. The van der Waals surface area contributed by atoms with E-state index in [2.05, 4.69) is 30.8 Å². The predicted octanol–water partition coefficient (Wildman–Crippen LogP) is 2.60. The second-order valence-electron chi connectivity index (χ2n) is 7.14. The Hall–Kier alpha value is -3.39. The number of anilines is 1. The molecule has 14 heteroatoms. The Morgan fingerprint density at radius 3 is 2.64 bits per heavy atom. The number of thiazole rings is 1. The first kappa shape index (κ1) is 24.3. The Morgan fingerprint density at radius 2 is 2.06 bits per heavy atom. The minimum absolute atomic E-state index is 0.158. The van der Waals surface area contributed by atoms with Crippen LogP contribution in [0.1, 0.15) is 32.7 Å². The number of carboxylic acids is 1. The lowest BCUT2D eigenvalue weighted by Crippen LogP contribution is -2.21. The van der Waals surface area contributed by atoms with Crippen molar-refractivity contribution in [3.63, 3.8) is 0 Å². The number of carbonyl (C=O) groups excluding carboxylic acids is 1. The van der Waals surface area contributed by atoms with Crippen LogP contribution >= 0.6 is 11.3 Å². The summed E-state index contributed by atoms with van der Waals surface area (Å²) in [7, 11) is 1.86. The minimum Gasteiger partial charge on any atom is -0.475 e. The highest BCUT2D eigenvalue weighted by Gasteiger charge is 2.38. The van der Waals surface area contributed by atoms with Gasteiger partial charge in [-0.3, -0.25) is 9.78 Å². The van der Waals surface area contributed by atoms with E-state index in [1.165, 1.54) is 11.3 Å². The standard InChI is InChI=1S/C17H19N7OS.C2HF3O2/c1-10-14(26-17(21-10)11-3-4-18-6-11)16(25)22-13-5-12(7-19-8-13)15-23-20-9-24(15)2;3-2(4,5)1(6)7/h5,7-9,11,18H,3-4,6H2,1-2H3,(H,22,25);(H,6,7). The first-order chi connectivity index (χ1) is 15.6. The van der Waals surface area contributed by atoms with Crippen molar-refractivity contribution in [2.75, 3.05) is 18.4 Å². The quantitative estimate of drug-likeness (QED) is 0.516. The van der Waals surface area contributed by atoms with Gasteiger partial charge in [0, 0.05) is 31.3 Å². The molecule has 0 aromatic carbocycles. The molecule has 1 amide bonds. The monoisotopic (exact) mass is 483 g/mol. The van der Waals surface area contributed by atoms with Crippen LogP contribution in [0, 0.1) is 6.92 Å². The van der Waals surface area contributed by atoms with E-state index >= 15 is 0 Å². The molecular weight excluding hydrogens is 463 g/mol. The van der Waals surface area contributed by atoms with Gasteiger partial charge in [-0.1, -0.05) is 0 Å². The fourth-order valence-corrected chi connectivity index (χ4v) is 4.13. The van der Waals surface area contributed by atoms with Gasteiger partial charge in [-0.15, -0.1) is 21.5 Å². The molecule has 0 spiro atoms. The minimum atomic E-state index is -5.08. The molecule has 1 atom stereocenters. The number of amides is 1. The number of carbonyl (C=O) groups is 2. The molecular formula is C19H20F3N7O3S. The second kappa shape index (κ2) is 10.0. The molecule has 3 N–H and O–H groups in total. The van der Waals surface area contributed by atoms with Crippen molar-refractivity contribution < 1.29 is 27.9 Å². The van der Waals surface area contributed by atoms with Crippen molar-refractivity contribution in [3.8, 4) is 11.4 Å². The third-order valence-electron chi connectivity index (χ3n) is 4.64. The summed E-state index contributed by atoms with van der Waals surface area (Å²) in [4.78, 5) is 31.1. The van der Waals surface area contributed by atoms with Crippen LogP contribution in [-0.2, 0) is 11.8 Å². The van der Waals surface area contributed by atoms with E-state index in [1.54, 1.807) is 23.3 Å². The number of hydrogen-bond acceptors (Lipinski definition) is 8. The molecule has 1 unspecified atom stereocenters. The average Bonchev–Trinajstić information content (AvgIpc) is 3.48. The maximum atomic E-state index is 12.7. The van der Waals surface area contributed by atoms with Gasteiger partial charge in [0.25, 0.3) is 5.91 Å². The maximum Gasteiger partial charge on any atom is 0.490 e. The number of carboxylic acid groups (broad SMARTS) is 1. The molecule has 3 aromatic rings. The molecule has 0 radical (unpaired) electrons. The molecule has 33 heavy (non-hydrogen) atoms. The van der Waals surface area contributed by atoms with Crippen LogP contribution in [0.5, 0.6) is 0 Å². The summed E-state index contributed by atoms with van der Waals surface area (Å²) in [6, 6.07) is 1.84. The van der Waals surface area contributed by atoms with Crippen molar-refractivity contribution in [2.24, 2.45) is 7.05 Å². The van der Waals surface area contributed by atoms with Gasteiger partial charge in [-0.2, -0.15) is 13.2 Å². The SMILES string of the molecule is Cc1nc(C2CCNC2)sc1C(=O)Nc1cncc(-c2nncn2C)c1.O=C(O)C(F)(F)F. The Morgan fingerprint density at radius 1 is 1.33 bits per heavy atom. The number of hydrogen-bond donors (Lipinski definition) is 3. The summed E-state index contributed by atoms with van der Waals surface area (Å²) in [6.45, 7) is 3.81. The largest absolute Gasteiger partial charge is 0.490 e. The predicted molar refractivity (Wildman–Crippen MR) is 113 cm³/mol. The zero-order valence-electron chi connectivity index (χ0n) is 17.5. The second-order valence-corrected chi connectivity index (χ2v) is 8.17. The lowest BCUT2D eigenvalue weighted by molar-refractivity contribution is -0.192. The lowest BCUT2D eigenvalue weighted by atomic mass is 10.1. The van der Waals surface area contributed by atoms with Crippen LogP contribution in [0.3, 0.4) is 0 Å². The van der Waals surface area contributed by atoms with Crippen molar-refractivity contribution in [1.29, 1.82) is 0 Å². The molecule has 176 valence electrons. The Balaban J connectivity index is 0.000000383. The Labute approximate surface area is 189 Å². The average molecular weight is 483 g/mol. The van der Waals surface area contributed by atoms with Crippen LogP contribution < -0.4 is 10.6 Å². The molecule has 1 fully saturated rings. The van der Waals surface area contributed by atoms with Crippen molar-refractivity contribution in [1.82, 2.24) is 30.0 Å². The highest BCUT2D eigenvalue weighted by Crippen LogP contribution is 2.29. The van der Waals surface area contributed by atoms with Gasteiger partial charge in [0.2, 0.25) is 0 Å². The molecule has 1 saturated heterocycles. The van der Waals surface area contributed by atoms with Gasteiger partial charge < -0.3 is 20.3 Å². The van der Waals surface area contributed by atoms with Gasteiger partial charge in [0.15, 0.2) is 5.82 Å². The van der Waals surface area contributed by atoms with Gasteiger partial charge >= 0.3 is 12.1 Å². The topological polar surface area (TPSA) is 135 Å². The first-order valence-electron chi connectivity index (χ1n) is 9.65. The van der Waals surface area contributed by atoms with Gasteiger partial charge in [0.05, 0.1) is 22.6 Å². The number of nitrogens with zero attached hydrogens (tertiary/aromatic N) is 5. The summed E-state index contributed by atoms with van der Waals surface area (Å²) in [5, 5.41) is 22.4. The molecule has 1 aliphatic rings. The molecule has 4 heterocycles. The summed E-state index contributed by atoms with van der Waals surface area (Å²) < 4.78 is 33.5. The van der Waals surface area contributed by atoms with Crippen LogP contribution in [0.15, 0.2) is 24.8 Å². The summed E-state index contributed by atoms with van der Waals surface area (Å²) in [6.07, 6.45) is 0.928. The third-order valence-corrected chi connectivity index (χ3v) is 5.96. The number of aromatic nitrogens is 5. The van der Waals surface area contributed by atoms with Gasteiger partial charge in [-0.05, 0) is 26.0 Å². The molecule has 0 aliphatic carbocycles. The number of pyridine rings is 1. The van der Waals surface area contributed by atoms with E-state index in [4.69, 9.17) is 9.90 Å². The first-order valence-corrected chi connectivity index (χ1v) is 10.5. The van der Waals surface area contributed by atoms with E-state index in [1.807, 2.05) is 20.0 Å². The van der Waals surface area contributed by atoms with Gasteiger partial charge in [-0.25, -0.2) is 9.78 Å².